The average Bonchev–Trinajstić information content (AvgIpc) is 2.67. The molecule has 0 amide bonds. The first-order valence-electron chi connectivity index (χ1n) is 5.69. The molecule has 92 valence electrons. The van der Waals surface area contributed by atoms with Crippen LogP contribution in [-0.4, -0.2) is 16.1 Å². The molecular weight excluding hydrogens is 286 g/mol. The highest BCUT2D eigenvalue weighted by atomic mass is 79.9. The number of benzene rings is 1. The number of nitro benzene ring substituents is 1. The van der Waals surface area contributed by atoms with Crippen molar-refractivity contribution in [1.29, 1.82) is 0 Å². The van der Waals surface area contributed by atoms with E-state index in [1.165, 1.54) is 6.07 Å². The molecule has 1 aromatic carbocycles. The van der Waals surface area contributed by atoms with Crippen LogP contribution in [0.5, 0.6) is 0 Å². The third-order valence-electron chi connectivity index (χ3n) is 3.36. The normalized spacial score (nSPS) is 23.9. The van der Waals surface area contributed by atoms with Crippen molar-refractivity contribution in [3.63, 3.8) is 0 Å². The molecule has 0 spiro atoms. The van der Waals surface area contributed by atoms with E-state index >= 15 is 0 Å². The summed E-state index contributed by atoms with van der Waals surface area (Å²) in [7, 11) is 0. The molecule has 1 aromatic rings. The maximum Gasteiger partial charge on any atom is 0.283 e. The molecule has 0 aromatic heterocycles. The van der Waals surface area contributed by atoms with E-state index in [0.717, 1.165) is 24.8 Å². The van der Waals surface area contributed by atoms with Crippen LogP contribution >= 0.6 is 15.9 Å². The van der Waals surface area contributed by atoms with Crippen LogP contribution in [0.1, 0.15) is 24.8 Å². The predicted molar refractivity (Wildman–Crippen MR) is 67.8 cm³/mol. The van der Waals surface area contributed by atoms with Crippen LogP contribution in [0.3, 0.4) is 0 Å². The van der Waals surface area contributed by atoms with Crippen molar-refractivity contribution in [2.75, 3.05) is 0 Å². The number of hydrogen-bond donors (Lipinski definition) is 1. The van der Waals surface area contributed by atoms with Gasteiger partial charge in [-0.3, -0.25) is 10.1 Å². The van der Waals surface area contributed by atoms with Crippen molar-refractivity contribution in [2.45, 2.75) is 31.8 Å². The van der Waals surface area contributed by atoms with E-state index in [0.29, 0.717) is 10.9 Å². The van der Waals surface area contributed by atoms with Crippen molar-refractivity contribution >= 4 is 21.6 Å². The fourth-order valence-electron chi connectivity index (χ4n) is 2.40. The van der Waals surface area contributed by atoms with E-state index in [1.807, 2.05) is 6.07 Å². The van der Waals surface area contributed by atoms with Crippen LogP contribution in [0.25, 0.3) is 0 Å². The molecule has 1 fully saturated rings. The Labute approximate surface area is 108 Å². The standard InChI is InChI=1S/C12H14BrNO3/c13-12-9(4-1-5-10(12)14(16)17)7-8-3-2-6-11(8)15/h1,4-5,8,11,15H,2-3,6-7H2. The molecule has 17 heavy (non-hydrogen) atoms. The first kappa shape index (κ1) is 12.5. The Morgan fingerprint density at radius 3 is 2.82 bits per heavy atom. The van der Waals surface area contributed by atoms with E-state index in [4.69, 9.17) is 0 Å². The van der Waals surface area contributed by atoms with E-state index in [-0.39, 0.29) is 17.7 Å². The second kappa shape index (κ2) is 5.14. The third-order valence-corrected chi connectivity index (χ3v) is 4.27. The Morgan fingerprint density at radius 2 is 2.24 bits per heavy atom. The van der Waals surface area contributed by atoms with E-state index < -0.39 is 4.92 Å². The average molecular weight is 300 g/mol. The second-order valence-electron chi connectivity index (χ2n) is 4.47. The summed E-state index contributed by atoms with van der Waals surface area (Å²) >= 11 is 3.29. The van der Waals surface area contributed by atoms with Crippen LogP contribution in [0.15, 0.2) is 22.7 Å². The summed E-state index contributed by atoms with van der Waals surface area (Å²) in [5, 5.41) is 20.6. The molecule has 0 saturated heterocycles. The Balaban J connectivity index is 2.21. The van der Waals surface area contributed by atoms with Crippen molar-refractivity contribution in [2.24, 2.45) is 5.92 Å². The molecule has 1 aliphatic carbocycles. The van der Waals surface area contributed by atoms with Crippen molar-refractivity contribution in [3.8, 4) is 0 Å². The number of aliphatic hydroxyl groups is 1. The lowest BCUT2D eigenvalue weighted by Gasteiger charge is -2.15. The maximum absolute atomic E-state index is 10.8. The molecule has 2 atom stereocenters. The molecule has 2 rings (SSSR count). The molecule has 1 aliphatic rings. The van der Waals surface area contributed by atoms with Gasteiger partial charge in [0.15, 0.2) is 0 Å². The van der Waals surface area contributed by atoms with Gasteiger partial charge in [0.25, 0.3) is 5.69 Å². The first-order valence-corrected chi connectivity index (χ1v) is 6.48. The fourth-order valence-corrected chi connectivity index (χ4v) is 2.97. The summed E-state index contributed by atoms with van der Waals surface area (Å²) in [5.41, 5.74) is 1.00. The number of halogens is 1. The van der Waals surface area contributed by atoms with E-state index in [9.17, 15) is 15.2 Å². The molecule has 0 bridgehead atoms. The van der Waals surface area contributed by atoms with Crippen molar-refractivity contribution in [1.82, 2.24) is 0 Å². The maximum atomic E-state index is 10.8. The summed E-state index contributed by atoms with van der Waals surface area (Å²) in [5.74, 6) is 0.230. The molecule has 0 heterocycles. The zero-order chi connectivity index (χ0) is 12.4. The highest BCUT2D eigenvalue weighted by molar-refractivity contribution is 9.10. The van der Waals surface area contributed by atoms with Crippen molar-refractivity contribution in [3.05, 3.63) is 38.3 Å². The van der Waals surface area contributed by atoms with Gasteiger partial charge in [0.1, 0.15) is 0 Å². The van der Waals surface area contributed by atoms with E-state index in [1.54, 1.807) is 6.07 Å². The highest BCUT2D eigenvalue weighted by Gasteiger charge is 2.27. The van der Waals surface area contributed by atoms with Gasteiger partial charge in [-0.2, -0.15) is 0 Å². The van der Waals surface area contributed by atoms with Gasteiger partial charge in [-0.15, -0.1) is 0 Å². The fraction of sp³-hybridized carbons (Fsp3) is 0.500. The zero-order valence-corrected chi connectivity index (χ0v) is 10.9. The number of aliphatic hydroxyl groups excluding tert-OH is 1. The molecule has 4 nitrogen and oxygen atoms in total. The zero-order valence-electron chi connectivity index (χ0n) is 9.30. The van der Waals surface area contributed by atoms with Gasteiger partial charge in [0.05, 0.1) is 15.5 Å². The van der Waals surface area contributed by atoms with Gasteiger partial charge in [-0.25, -0.2) is 0 Å². The minimum absolute atomic E-state index is 0.0926. The minimum Gasteiger partial charge on any atom is -0.393 e. The third kappa shape index (κ3) is 2.66. The topological polar surface area (TPSA) is 63.4 Å². The smallest absolute Gasteiger partial charge is 0.283 e. The summed E-state index contributed by atoms with van der Waals surface area (Å²) < 4.78 is 0.545. The van der Waals surface area contributed by atoms with Gasteiger partial charge < -0.3 is 5.11 Å². The van der Waals surface area contributed by atoms with Crippen LogP contribution in [-0.2, 0) is 6.42 Å². The lowest BCUT2D eigenvalue weighted by atomic mass is 9.96. The molecule has 1 N–H and O–H groups in total. The highest BCUT2D eigenvalue weighted by Crippen LogP contribution is 2.34. The lowest BCUT2D eigenvalue weighted by molar-refractivity contribution is -0.385. The first-order chi connectivity index (χ1) is 8.09. The van der Waals surface area contributed by atoms with Crippen molar-refractivity contribution < 1.29 is 10.0 Å². The van der Waals surface area contributed by atoms with Crippen LogP contribution in [0.2, 0.25) is 0 Å². The molecule has 2 unspecified atom stereocenters. The number of nitrogens with zero attached hydrogens (tertiary/aromatic N) is 1. The summed E-state index contributed by atoms with van der Waals surface area (Å²) in [6, 6.07) is 5.06. The monoisotopic (exact) mass is 299 g/mol. The summed E-state index contributed by atoms with van der Waals surface area (Å²) in [4.78, 5) is 10.4. The number of hydrogen-bond acceptors (Lipinski definition) is 3. The number of rotatable bonds is 3. The molecule has 0 radical (unpaired) electrons. The molecular formula is C12H14BrNO3. The summed E-state index contributed by atoms with van der Waals surface area (Å²) in [6.07, 6.45) is 3.32. The lowest BCUT2D eigenvalue weighted by Crippen LogP contribution is -2.15. The largest absolute Gasteiger partial charge is 0.393 e. The van der Waals surface area contributed by atoms with Crippen LogP contribution in [0.4, 0.5) is 5.69 Å². The second-order valence-corrected chi connectivity index (χ2v) is 5.26. The quantitative estimate of drug-likeness (QED) is 0.689. The Hall–Kier alpha value is -0.940. The van der Waals surface area contributed by atoms with Gasteiger partial charge in [0.2, 0.25) is 0 Å². The van der Waals surface area contributed by atoms with Crippen LogP contribution < -0.4 is 0 Å². The molecule has 0 aliphatic heterocycles. The SMILES string of the molecule is O=[N+]([O-])c1cccc(CC2CCCC2O)c1Br. The Kier molecular flexibility index (Phi) is 3.79. The minimum atomic E-state index is -0.390. The van der Waals surface area contributed by atoms with Gasteiger partial charge >= 0.3 is 0 Å². The van der Waals surface area contributed by atoms with Crippen LogP contribution in [0, 0.1) is 16.0 Å². The number of nitro groups is 1. The Bertz CT molecular complexity index is 436. The van der Waals surface area contributed by atoms with Gasteiger partial charge in [-0.1, -0.05) is 18.6 Å². The molecule has 5 heteroatoms. The molecule has 1 saturated carbocycles. The van der Waals surface area contributed by atoms with E-state index in [2.05, 4.69) is 15.9 Å². The van der Waals surface area contributed by atoms with Gasteiger partial charge in [-0.05, 0) is 46.7 Å². The predicted octanol–water partition coefficient (Wildman–Crippen LogP) is 3.06. The van der Waals surface area contributed by atoms with Gasteiger partial charge in [0, 0.05) is 6.07 Å². The summed E-state index contributed by atoms with van der Waals surface area (Å²) in [6.45, 7) is 0. The Morgan fingerprint density at radius 1 is 1.47 bits per heavy atom.